The molecule has 0 atom stereocenters. The van der Waals surface area contributed by atoms with Crippen LogP contribution in [0.15, 0.2) is 34.9 Å². The van der Waals surface area contributed by atoms with Crippen molar-refractivity contribution < 1.29 is 13.9 Å². The van der Waals surface area contributed by atoms with Gasteiger partial charge in [0.1, 0.15) is 23.7 Å². The smallest absolute Gasteiger partial charge is 0.289 e. The number of likely N-dealkylation sites (tertiary alicyclic amines) is 1. The van der Waals surface area contributed by atoms with Gasteiger partial charge in [-0.2, -0.15) is 0 Å². The van der Waals surface area contributed by atoms with Crippen molar-refractivity contribution in [2.45, 2.75) is 45.3 Å². The minimum absolute atomic E-state index is 0.0569. The molecule has 0 spiro atoms. The van der Waals surface area contributed by atoms with Crippen LogP contribution in [0.5, 0.6) is 0 Å². The number of aromatic nitrogens is 3. The molecule has 0 radical (unpaired) electrons. The summed E-state index contributed by atoms with van der Waals surface area (Å²) in [5.41, 5.74) is 1.87. The summed E-state index contributed by atoms with van der Waals surface area (Å²) < 4.78 is 12.9. The minimum Gasteiger partial charge on any atom is -0.453 e. The fourth-order valence-corrected chi connectivity index (χ4v) is 3.91. The number of rotatable bonds is 5. The maximum atomic E-state index is 12.8. The predicted octanol–water partition coefficient (Wildman–Crippen LogP) is 3.77. The highest BCUT2D eigenvalue weighted by Gasteiger charge is 2.29. The molecule has 1 aliphatic rings. The molecule has 3 aromatic rings. The molecule has 0 saturated carbocycles. The molecule has 1 amide bonds. The van der Waals surface area contributed by atoms with Gasteiger partial charge in [-0.3, -0.25) is 4.79 Å². The Balaban J connectivity index is 1.50. The molecule has 148 valence electrons. The zero-order chi connectivity index (χ0) is 19.7. The molecule has 0 unspecified atom stereocenters. The van der Waals surface area contributed by atoms with Crippen LogP contribution in [0.3, 0.4) is 0 Å². The molecule has 4 rings (SSSR count). The normalized spacial score (nSPS) is 15.6. The number of methoxy groups -OCH3 is 1. The van der Waals surface area contributed by atoms with Gasteiger partial charge in [-0.1, -0.05) is 13.8 Å². The van der Waals surface area contributed by atoms with E-state index in [1.807, 2.05) is 23.2 Å². The lowest BCUT2D eigenvalue weighted by atomic mass is 10.0. The zero-order valence-electron chi connectivity index (χ0n) is 16.6. The molecular formula is C21H26N4O3. The maximum Gasteiger partial charge on any atom is 0.289 e. The summed E-state index contributed by atoms with van der Waals surface area (Å²) in [6.07, 6.45) is 3.57. The number of ether oxygens (including phenoxy) is 1. The Morgan fingerprint density at radius 2 is 2.07 bits per heavy atom. The van der Waals surface area contributed by atoms with Crippen molar-refractivity contribution in [3.05, 3.63) is 47.8 Å². The first-order valence-corrected chi connectivity index (χ1v) is 9.78. The first kappa shape index (κ1) is 18.7. The molecule has 28 heavy (non-hydrogen) atoms. The zero-order valence-corrected chi connectivity index (χ0v) is 16.6. The Bertz CT molecular complexity index is 967. The Morgan fingerprint density at radius 3 is 2.79 bits per heavy atom. The third-order valence-corrected chi connectivity index (χ3v) is 5.27. The second-order valence-electron chi connectivity index (χ2n) is 7.56. The fourth-order valence-electron chi connectivity index (χ4n) is 3.91. The van der Waals surface area contributed by atoms with Gasteiger partial charge in [0.05, 0.1) is 0 Å². The molecule has 0 aromatic carbocycles. The third-order valence-electron chi connectivity index (χ3n) is 5.27. The topological polar surface area (TPSA) is 73.4 Å². The van der Waals surface area contributed by atoms with Gasteiger partial charge >= 0.3 is 0 Å². The Hall–Kier alpha value is -2.67. The third kappa shape index (κ3) is 3.42. The number of nitrogens with zero attached hydrogens (tertiary/aromatic N) is 4. The van der Waals surface area contributed by atoms with Gasteiger partial charge in [0.25, 0.3) is 5.91 Å². The average Bonchev–Trinajstić information content (AvgIpc) is 3.33. The largest absolute Gasteiger partial charge is 0.453 e. The number of furan rings is 1. The maximum absolute atomic E-state index is 12.8. The minimum atomic E-state index is -0.0569. The predicted molar refractivity (Wildman–Crippen MR) is 105 cm³/mol. The highest BCUT2D eigenvalue weighted by Crippen LogP contribution is 2.31. The van der Waals surface area contributed by atoms with Crippen molar-refractivity contribution in [3.8, 4) is 0 Å². The lowest BCUT2D eigenvalue weighted by Gasteiger charge is -2.33. The second kappa shape index (κ2) is 7.75. The van der Waals surface area contributed by atoms with E-state index in [-0.39, 0.29) is 5.91 Å². The van der Waals surface area contributed by atoms with Crippen LogP contribution in [0.4, 0.5) is 0 Å². The number of pyridine rings is 1. The van der Waals surface area contributed by atoms with Crippen LogP contribution in [0.2, 0.25) is 0 Å². The summed E-state index contributed by atoms with van der Waals surface area (Å²) in [5, 5.41) is 0. The molecule has 1 saturated heterocycles. The molecular weight excluding hydrogens is 356 g/mol. The van der Waals surface area contributed by atoms with Gasteiger partial charge < -0.3 is 18.6 Å². The number of fused-ring (bicyclic) bond motifs is 1. The molecule has 7 heteroatoms. The number of carbonyl (C=O) groups is 1. The summed E-state index contributed by atoms with van der Waals surface area (Å²) in [4.78, 5) is 24.0. The average molecular weight is 382 g/mol. The standard InChI is InChI=1S/C21H26N4O3/c1-14(2)19-23-17-5-4-10-22-20(17)25(19)15-8-11-24(12-9-15)21(26)18-7-6-16(28-18)13-27-3/h4-7,10,14-15H,8-9,11-13H2,1-3H3. The van der Waals surface area contributed by atoms with Crippen molar-refractivity contribution in [3.63, 3.8) is 0 Å². The van der Waals surface area contributed by atoms with E-state index in [0.29, 0.717) is 43.2 Å². The lowest BCUT2D eigenvalue weighted by Crippen LogP contribution is -2.39. The van der Waals surface area contributed by atoms with Crippen molar-refractivity contribution >= 4 is 17.1 Å². The van der Waals surface area contributed by atoms with Crippen LogP contribution in [-0.2, 0) is 11.3 Å². The van der Waals surface area contributed by atoms with E-state index in [1.165, 1.54) is 0 Å². The van der Waals surface area contributed by atoms with Gasteiger partial charge in [0.2, 0.25) is 0 Å². The summed E-state index contributed by atoms with van der Waals surface area (Å²) in [7, 11) is 1.61. The van der Waals surface area contributed by atoms with E-state index in [4.69, 9.17) is 14.1 Å². The molecule has 0 N–H and O–H groups in total. The Morgan fingerprint density at radius 1 is 1.29 bits per heavy atom. The first-order chi connectivity index (χ1) is 13.6. The SMILES string of the molecule is COCc1ccc(C(=O)N2CCC(n3c(C(C)C)nc4cccnc43)CC2)o1. The number of hydrogen-bond donors (Lipinski definition) is 0. The summed E-state index contributed by atoms with van der Waals surface area (Å²) in [6.45, 7) is 6.06. The fraction of sp³-hybridized carbons (Fsp3) is 0.476. The molecule has 0 bridgehead atoms. The van der Waals surface area contributed by atoms with E-state index < -0.39 is 0 Å². The van der Waals surface area contributed by atoms with Crippen LogP contribution >= 0.6 is 0 Å². The number of imidazole rings is 1. The molecule has 7 nitrogen and oxygen atoms in total. The number of hydrogen-bond acceptors (Lipinski definition) is 5. The van der Waals surface area contributed by atoms with E-state index >= 15 is 0 Å². The summed E-state index contributed by atoms with van der Waals surface area (Å²) >= 11 is 0. The second-order valence-corrected chi connectivity index (χ2v) is 7.56. The van der Waals surface area contributed by atoms with E-state index in [0.717, 1.165) is 29.8 Å². The van der Waals surface area contributed by atoms with E-state index in [9.17, 15) is 4.79 Å². The van der Waals surface area contributed by atoms with Gasteiger partial charge in [-0.25, -0.2) is 9.97 Å². The van der Waals surface area contributed by atoms with Crippen LogP contribution in [-0.4, -0.2) is 45.5 Å². The summed E-state index contributed by atoms with van der Waals surface area (Å²) in [6, 6.07) is 7.75. The van der Waals surface area contributed by atoms with Crippen LogP contribution in [0, 0.1) is 0 Å². The van der Waals surface area contributed by atoms with Crippen LogP contribution in [0.25, 0.3) is 11.2 Å². The number of amides is 1. The van der Waals surface area contributed by atoms with Gasteiger partial charge in [-0.05, 0) is 37.1 Å². The summed E-state index contributed by atoms with van der Waals surface area (Å²) in [5.74, 6) is 2.37. The number of carbonyl (C=O) groups excluding carboxylic acids is 1. The Kier molecular flexibility index (Phi) is 5.17. The van der Waals surface area contributed by atoms with Crippen molar-refractivity contribution in [2.24, 2.45) is 0 Å². The highest BCUT2D eigenvalue weighted by atomic mass is 16.5. The van der Waals surface area contributed by atoms with E-state index in [1.54, 1.807) is 19.2 Å². The highest BCUT2D eigenvalue weighted by molar-refractivity contribution is 5.91. The van der Waals surface area contributed by atoms with Gasteiger partial charge in [0, 0.05) is 38.4 Å². The van der Waals surface area contributed by atoms with Gasteiger partial charge in [0.15, 0.2) is 11.4 Å². The number of piperidine rings is 1. The van der Waals surface area contributed by atoms with Crippen LogP contribution < -0.4 is 0 Å². The molecule has 1 fully saturated rings. The quantitative estimate of drug-likeness (QED) is 0.672. The molecule has 0 aliphatic carbocycles. The molecule has 4 heterocycles. The molecule has 1 aliphatic heterocycles. The van der Waals surface area contributed by atoms with Crippen molar-refractivity contribution in [1.82, 2.24) is 19.4 Å². The monoisotopic (exact) mass is 382 g/mol. The van der Waals surface area contributed by atoms with Crippen molar-refractivity contribution in [2.75, 3.05) is 20.2 Å². The van der Waals surface area contributed by atoms with Gasteiger partial charge in [-0.15, -0.1) is 0 Å². The first-order valence-electron chi connectivity index (χ1n) is 9.78. The lowest BCUT2D eigenvalue weighted by molar-refractivity contribution is 0.0655. The molecule has 3 aromatic heterocycles. The Labute approximate surface area is 164 Å². The van der Waals surface area contributed by atoms with Crippen LogP contribution in [0.1, 0.15) is 60.8 Å². The van der Waals surface area contributed by atoms with E-state index in [2.05, 4.69) is 23.4 Å². The van der Waals surface area contributed by atoms with Crippen molar-refractivity contribution in [1.29, 1.82) is 0 Å².